The Morgan fingerprint density at radius 2 is 1.75 bits per heavy atom. The third-order valence-electron chi connectivity index (χ3n) is 6.19. The van der Waals surface area contributed by atoms with Crippen LogP contribution in [0.1, 0.15) is 17.5 Å². The maximum absolute atomic E-state index is 12.8. The molecule has 8 heteroatoms. The summed E-state index contributed by atoms with van der Waals surface area (Å²) < 4.78 is 0. The lowest BCUT2D eigenvalue weighted by Crippen LogP contribution is -2.52. The Kier molecular flexibility index (Phi) is 5.26. The molecule has 1 saturated heterocycles. The molecule has 3 N–H and O–H groups in total. The van der Waals surface area contributed by atoms with Crippen molar-refractivity contribution >= 4 is 40.1 Å². The van der Waals surface area contributed by atoms with E-state index in [1.807, 2.05) is 47.5 Å². The normalized spacial score (nSPS) is 15.9. The van der Waals surface area contributed by atoms with Crippen molar-refractivity contribution < 1.29 is 14.4 Å². The van der Waals surface area contributed by atoms with Crippen LogP contribution in [-0.2, 0) is 22.4 Å². The predicted octanol–water partition coefficient (Wildman–Crippen LogP) is 2.97. The Bertz CT molecular complexity index is 1190. The maximum Gasteiger partial charge on any atom is 0.321 e. The fourth-order valence-electron chi connectivity index (χ4n) is 4.36. The molecule has 5 rings (SSSR count). The summed E-state index contributed by atoms with van der Waals surface area (Å²) in [5.41, 5.74) is 4.49. The Labute approximate surface area is 185 Å². The first-order valence-corrected chi connectivity index (χ1v) is 10.9. The van der Waals surface area contributed by atoms with Crippen LogP contribution in [0.5, 0.6) is 0 Å². The lowest BCUT2D eigenvalue weighted by Gasteiger charge is -2.34. The van der Waals surface area contributed by atoms with Crippen LogP contribution in [0.2, 0.25) is 0 Å². The first kappa shape index (κ1) is 20.1. The Morgan fingerprint density at radius 3 is 2.59 bits per heavy atom. The molecular formula is C24H25N5O3. The van der Waals surface area contributed by atoms with Crippen LogP contribution in [0, 0.1) is 0 Å². The highest BCUT2D eigenvalue weighted by Gasteiger charge is 2.25. The monoisotopic (exact) mass is 431 g/mol. The molecule has 164 valence electrons. The summed E-state index contributed by atoms with van der Waals surface area (Å²) in [6, 6.07) is 13.3. The molecule has 0 bridgehead atoms. The zero-order valence-corrected chi connectivity index (χ0v) is 17.7. The van der Waals surface area contributed by atoms with E-state index < -0.39 is 0 Å². The second-order valence-corrected chi connectivity index (χ2v) is 8.25. The van der Waals surface area contributed by atoms with Crippen LogP contribution in [0.25, 0.3) is 10.9 Å². The molecule has 2 aliphatic rings. The van der Waals surface area contributed by atoms with Crippen LogP contribution < -0.4 is 10.6 Å². The zero-order chi connectivity index (χ0) is 22.1. The lowest BCUT2D eigenvalue weighted by molar-refractivity contribution is -0.131. The van der Waals surface area contributed by atoms with Gasteiger partial charge in [0.05, 0.1) is 6.42 Å². The number of fused-ring (bicyclic) bond motifs is 2. The summed E-state index contributed by atoms with van der Waals surface area (Å²) >= 11 is 0. The number of benzene rings is 2. The van der Waals surface area contributed by atoms with Gasteiger partial charge in [-0.15, -0.1) is 0 Å². The minimum absolute atomic E-state index is 0.00518. The van der Waals surface area contributed by atoms with E-state index in [2.05, 4.69) is 15.6 Å². The standard InChI is InChI=1S/C24H25N5O3/c30-22-8-6-16-5-7-18(14-21(16)27-22)26-24(32)29-11-9-28(10-12-29)23(31)13-17-15-25-20-4-2-1-3-19(17)20/h1-5,7,14-15,25H,6,8-13H2,(H,26,32)(H,27,30). The molecule has 3 aromatic rings. The molecule has 1 aromatic heterocycles. The fraction of sp³-hybridized carbons (Fsp3) is 0.292. The van der Waals surface area contributed by atoms with Crippen LogP contribution >= 0.6 is 0 Å². The van der Waals surface area contributed by atoms with Gasteiger partial charge in [0, 0.05) is 61.1 Å². The summed E-state index contributed by atoms with van der Waals surface area (Å²) in [5, 5.41) is 6.82. The SMILES string of the molecule is O=C1CCc2ccc(NC(=O)N3CCN(C(=O)Cc4c[nH]c5ccccc45)CC3)cc2N1. The molecule has 1 fully saturated rings. The number of aromatic amines is 1. The number of nitrogens with one attached hydrogen (secondary N) is 3. The number of carbonyl (C=O) groups is 3. The highest BCUT2D eigenvalue weighted by Crippen LogP contribution is 2.26. The van der Waals surface area contributed by atoms with Gasteiger partial charge in [0.15, 0.2) is 0 Å². The van der Waals surface area contributed by atoms with Crippen molar-refractivity contribution in [1.82, 2.24) is 14.8 Å². The molecule has 0 atom stereocenters. The molecule has 2 aliphatic heterocycles. The smallest absolute Gasteiger partial charge is 0.321 e. The zero-order valence-electron chi connectivity index (χ0n) is 17.7. The third kappa shape index (κ3) is 4.03. The molecule has 3 heterocycles. The van der Waals surface area contributed by atoms with Crippen LogP contribution in [0.4, 0.5) is 16.2 Å². The topological polar surface area (TPSA) is 97.5 Å². The number of aryl methyl sites for hydroxylation is 1. The van der Waals surface area contributed by atoms with Gasteiger partial charge in [-0.25, -0.2) is 4.79 Å². The van der Waals surface area contributed by atoms with Crippen molar-refractivity contribution in [3.05, 3.63) is 59.8 Å². The van der Waals surface area contributed by atoms with Gasteiger partial charge >= 0.3 is 6.03 Å². The van der Waals surface area contributed by atoms with Crippen molar-refractivity contribution in [2.45, 2.75) is 19.3 Å². The van der Waals surface area contributed by atoms with Gasteiger partial charge in [-0.3, -0.25) is 9.59 Å². The van der Waals surface area contributed by atoms with Gasteiger partial charge in [-0.05, 0) is 35.7 Å². The summed E-state index contributed by atoms with van der Waals surface area (Å²) in [7, 11) is 0. The average molecular weight is 431 g/mol. The van der Waals surface area contributed by atoms with Crippen molar-refractivity contribution in [3.63, 3.8) is 0 Å². The molecule has 32 heavy (non-hydrogen) atoms. The number of rotatable bonds is 3. The molecule has 2 aromatic carbocycles. The first-order valence-electron chi connectivity index (χ1n) is 10.9. The number of hydrogen-bond acceptors (Lipinski definition) is 3. The third-order valence-corrected chi connectivity index (χ3v) is 6.19. The van der Waals surface area contributed by atoms with Gasteiger partial charge < -0.3 is 25.4 Å². The molecule has 8 nitrogen and oxygen atoms in total. The van der Waals surface area contributed by atoms with Crippen molar-refractivity contribution in [2.24, 2.45) is 0 Å². The van der Waals surface area contributed by atoms with Gasteiger partial charge in [-0.1, -0.05) is 24.3 Å². The molecular weight excluding hydrogens is 406 g/mol. The minimum atomic E-state index is -0.198. The Morgan fingerprint density at radius 1 is 0.969 bits per heavy atom. The number of carbonyl (C=O) groups excluding carboxylic acids is 3. The number of hydrogen-bond donors (Lipinski definition) is 3. The summed E-state index contributed by atoms with van der Waals surface area (Å²) in [6.07, 6.45) is 3.44. The van der Waals surface area contributed by atoms with Gasteiger partial charge in [0.25, 0.3) is 0 Å². The van der Waals surface area contributed by atoms with E-state index in [9.17, 15) is 14.4 Å². The summed E-state index contributed by atoms with van der Waals surface area (Å²) in [5.74, 6) is 0.0645. The van der Waals surface area contributed by atoms with Crippen LogP contribution in [-0.4, -0.2) is 58.8 Å². The van der Waals surface area contributed by atoms with E-state index in [0.29, 0.717) is 51.1 Å². The van der Waals surface area contributed by atoms with Crippen molar-refractivity contribution in [3.8, 4) is 0 Å². The maximum atomic E-state index is 12.8. The molecule has 4 amide bonds. The quantitative estimate of drug-likeness (QED) is 0.595. The largest absolute Gasteiger partial charge is 0.361 e. The minimum Gasteiger partial charge on any atom is -0.361 e. The van der Waals surface area contributed by atoms with Gasteiger partial charge in [0.2, 0.25) is 11.8 Å². The van der Waals surface area contributed by atoms with Crippen molar-refractivity contribution in [2.75, 3.05) is 36.8 Å². The van der Waals surface area contributed by atoms with E-state index >= 15 is 0 Å². The van der Waals surface area contributed by atoms with E-state index in [1.165, 1.54) is 0 Å². The molecule has 0 radical (unpaired) electrons. The molecule has 0 unspecified atom stereocenters. The molecule has 0 saturated carbocycles. The molecule has 0 spiro atoms. The van der Waals surface area contributed by atoms with E-state index in [4.69, 9.17) is 0 Å². The number of para-hydroxylation sites is 1. The number of aromatic nitrogens is 1. The van der Waals surface area contributed by atoms with Crippen LogP contribution in [0.15, 0.2) is 48.7 Å². The second kappa shape index (κ2) is 8.37. The number of piperazine rings is 1. The number of nitrogens with zero attached hydrogens (tertiary/aromatic N) is 2. The molecule has 0 aliphatic carbocycles. The summed E-state index contributed by atoms with van der Waals surface area (Å²) in [6.45, 7) is 1.98. The number of anilines is 2. The van der Waals surface area contributed by atoms with E-state index in [-0.39, 0.29) is 17.8 Å². The second-order valence-electron chi connectivity index (χ2n) is 8.25. The van der Waals surface area contributed by atoms with Crippen molar-refractivity contribution in [1.29, 1.82) is 0 Å². The predicted molar refractivity (Wildman–Crippen MR) is 123 cm³/mol. The Balaban J connectivity index is 1.16. The van der Waals surface area contributed by atoms with Gasteiger partial charge in [0.1, 0.15) is 0 Å². The Hall–Kier alpha value is -3.81. The average Bonchev–Trinajstić information content (AvgIpc) is 3.21. The number of amides is 4. The first-order chi connectivity index (χ1) is 15.6. The number of H-pyrrole nitrogens is 1. The highest BCUT2D eigenvalue weighted by molar-refractivity contribution is 5.96. The fourth-order valence-corrected chi connectivity index (χ4v) is 4.36. The summed E-state index contributed by atoms with van der Waals surface area (Å²) in [4.78, 5) is 43.9. The van der Waals surface area contributed by atoms with Gasteiger partial charge in [-0.2, -0.15) is 0 Å². The number of urea groups is 1. The van der Waals surface area contributed by atoms with E-state index in [0.717, 1.165) is 27.7 Å². The highest BCUT2D eigenvalue weighted by atomic mass is 16.2. The van der Waals surface area contributed by atoms with E-state index in [1.54, 1.807) is 11.0 Å². The lowest BCUT2D eigenvalue weighted by atomic mass is 10.0. The van der Waals surface area contributed by atoms with Crippen LogP contribution in [0.3, 0.4) is 0 Å².